The van der Waals surface area contributed by atoms with Gasteiger partial charge in [-0.3, -0.25) is 4.79 Å². The third kappa shape index (κ3) is 6.18. The van der Waals surface area contributed by atoms with Crippen LogP contribution < -0.4 is 4.74 Å². The first-order valence-corrected chi connectivity index (χ1v) is 10.2. The van der Waals surface area contributed by atoms with E-state index in [9.17, 15) is 4.79 Å². The highest BCUT2D eigenvalue weighted by Crippen LogP contribution is 2.26. The first-order chi connectivity index (χ1) is 14.0. The molecule has 0 N–H and O–H groups in total. The van der Waals surface area contributed by atoms with Gasteiger partial charge in [0.25, 0.3) is 0 Å². The first kappa shape index (κ1) is 21.1. The summed E-state index contributed by atoms with van der Waals surface area (Å²) in [6, 6.07) is 14.7. The molecule has 0 aliphatic heterocycles. The van der Waals surface area contributed by atoms with Crippen LogP contribution in [0.15, 0.2) is 60.7 Å². The van der Waals surface area contributed by atoms with Gasteiger partial charge in [0.15, 0.2) is 5.78 Å². The van der Waals surface area contributed by atoms with Crippen molar-refractivity contribution in [3.8, 4) is 5.88 Å². The van der Waals surface area contributed by atoms with Crippen molar-refractivity contribution in [2.75, 3.05) is 6.61 Å². The van der Waals surface area contributed by atoms with E-state index in [0.717, 1.165) is 34.9 Å². The number of nitrogens with zero attached hydrogens (tertiary/aromatic N) is 1. The van der Waals surface area contributed by atoms with Crippen molar-refractivity contribution < 1.29 is 9.53 Å². The summed E-state index contributed by atoms with van der Waals surface area (Å²) in [6.45, 7) is 2.68. The number of rotatable bonds is 8. The fourth-order valence-electron chi connectivity index (χ4n) is 2.67. The van der Waals surface area contributed by atoms with Gasteiger partial charge in [-0.2, -0.15) is 0 Å². The molecule has 3 aromatic rings. The number of halogens is 2. The quantitative estimate of drug-likeness (QED) is 0.287. The summed E-state index contributed by atoms with van der Waals surface area (Å²) >= 11 is 12.0. The van der Waals surface area contributed by atoms with Gasteiger partial charge in [-0.05, 0) is 66.6 Å². The summed E-state index contributed by atoms with van der Waals surface area (Å²) in [5, 5.41) is 2.19. The van der Waals surface area contributed by atoms with Crippen LogP contribution in [0, 0.1) is 0 Å². The van der Waals surface area contributed by atoms with E-state index < -0.39 is 0 Å². The lowest BCUT2D eigenvalue weighted by atomic mass is 10.1. The molecule has 29 heavy (non-hydrogen) atoms. The Kier molecular flexibility index (Phi) is 7.45. The number of fused-ring (bicyclic) bond motifs is 1. The maximum absolute atomic E-state index is 12.3. The molecule has 0 spiro atoms. The Bertz CT molecular complexity index is 1060. The zero-order valence-corrected chi connectivity index (χ0v) is 17.6. The Hall–Kier alpha value is -2.62. The summed E-state index contributed by atoms with van der Waals surface area (Å²) in [6.07, 6.45) is 8.47. The van der Waals surface area contributed by atoms with Crippen molar-refractivity contribution in [2.45, 2.75) is 19.8 Å². The van der Waals surface area contributed by atoms with Crippen molar-refractivity contribution in [3.05, 3.63) is 81.9 Å². The minimum Gasteiger partial charge on any atom is -0.477 e. The number of benzene rings is 2. The van der Waals surface area contributed by atoms with E-state index in [2.05, 4.69) is 11.9 Å². The standard InChI is InChI=1S/C24H21Cl2NO2/c1-2-3-14-29-24-18(15-19-16-21(26)10-13-23(19)27-24)7-12-22(28)11-6-17-4-8-20(25)9-5-17/h4-13,15-16H,2-3,14H2,1H3/b11-6+,12-7+. The van der Waals surface area contributed by atoms with Gasteiger partial charge in [-0.25, -0.2) is 4.98 Å². The number of unbranched alkanes of at least 4 members (excludes halogenated alkanes) is 1. The average Bonchev–Trinajstić information content (AvgIpc) is 2.72. The van der Waals surface area contributed by atoms with Gasteiger partial charge < -0.3 is 4.74 Å². The molecule has 0 bridgehead atoms. The maximum atomic E-state index is 12.3. The van der Waals surface area contributed by atoms with Crippen molar-refractivity contribution in [1.29, 1.82) is 0 Å². The topological polar surface area (TPSA) is 39.2 Å². The summed E-state index contributed by atoms with van der Waals surface area (Å²) in [5.41, 5.74) is 2.44. The van der Waals surface area contributed by atoms with Crippen LogP contribution in [-0.4, -0.2) is 17.4 Å². The van der Waals surface area contributed by atoms with Crippen molar-refractivity contribution in [3.63, 3.8) is 0 Å². The number of hydrogen-bond acceptors (Lipinski definition) is 3. The number of pyridine rings is 1. The maximum Gasteiger partial charge on any atom is 0.221 e. The number of hydrogen-bond donors (Lipinski definition) is 0. The molecule has 0 amide bonds. The van der Waals surface area contributed by atoms with Gasteiger partial charge in [0, 0.05) is 21.0 Å². The third-order valence-electron chi connectivity index (χ3n) is 4.24. The highest BCUT2D eigenvalue weighted by molar-refractivity contribution is 6.31. The predicted molar refractivity (Wildman–Crippen MR) is 122 cm³/mol. The Morgan fingerprint density at radius 3 is 2.48 bits per heavy atom. The molecule has 0 saturated carbocycles. The predicted octanol–water partition coefficient (Wildman–Crippen LogP) is 7.02. The van der Waals surface area contributed by atoms with Gasteiger partial charge in [0.2, 0.25) is 5.88 Å². The van der Waals surface area contributed by atoms with Crippen molar-refractivity contribution in [1.82, 2.24) is 4.98 Å². The molecule has 0 aliphatic carbocycles. The fraction of sp³-hybridized carbons (Fsp3) is 0.167. The highest BCUT2D eigenvalue weighted by Gasteiger charge is 2.07. The molecule has 0 radical (unpaired) electrons. The van der Waals surface area contributed by atoms with Crippen LogP contribution in [0.2, 0.25) is 10.0 Å². The van der Waals surface area contributed by atoms with E-state index in [-0.39, 0.29) is 5.78 Å². The molecule has 2 aromatic carbocycles. The van der Waals surface area contributed by atoms with E-state index in [1.54, 1.807) is 30.4 Å². The number of ether oxygens (including phenoxy) is 1. The summed E-state index contributed by atoms with van der Waals surface area (Å²) in [5.74, 6) is 0.379. The summed E-state index contributed by atoms with van der Waals surface area (Å²) in [4.78, 5) is 16.9. The molecule has 148 valence electrons. The van der Waals surface area contributed by atoms with Crippen LogP contribution in [0.25, 0.3) is 23.1 Å². The smallest absolute Gasteiger partial charge is 0.221 e. The van der Waals surface area contributed by atoms with E-state index in [1.807, 2.05) is 30.3 Å². The van der Waals surface area contributed by atoms with Gasteiger partial charge in [0.05, 0.1) is 12.1 Å². The van der Waals surface area contributed by atoms with E-state index in [1.165, 1.54) is 12.2 Å². The Balaban J connectivity index is 1.82. The molecule has 0 fully saturated rings. The minimum absolute atomic E-state index is 0.134. The lowest BCUT2D eigenvalue weighted by molar-refractivity contribution is -0.110. The second-order valence-electron chi connectivity index (χ2n) is 6.54. The molecular weight excluding hydrogens is 405 g/mol. The minimum atomic E-state index is -0.134. The lowest BCUT2D eigenvalue weighted by Gasteiger charge is -2.09. The van der Waals surface area contributed by atoms with Crippen LogP contribution in [0.1, 0.15) is 30.9 Å². The van der Waals surface area contributed by atoms with Crippen LogP contribution in [0.4, 0.5) is 0 Å². The second kappa shape index (κ2) is 10.2. The summed E-state index contributed by atoms with van der Waals surface area (Å²) in [7, 11) is 0. The molecule has 0 aliphatic rings. The number of allylic oxidation sites excluding steroid dienone is 2. The zero-order chi connectivity index (χ0) is 20.6. The van der Waals surface area contributed by atoms with Gasteiger partial charge in [-0.1, -0.05) is 54.8 Å². The number of aromatic nitrogens is 1. The zero-order valence-electron chi connectivity index (χ0n) is 16.1. The molecule has 1 aromatic heterocycles. The summed E-state index contributed by atoms with van der Waals surface area (Å²) < 4.78 is 5.85. The first-order valence-electron chi connectivity index (χ1n) is 9.44. The Labute approximate surface area is 180 Å². The Morgan fingerprint density at radius 1 is 1.00 bits per heavy atom. The van der Waals surface area contributed by atoms with E-state index >= 15 is 0 Å². The number of ketones is 1. The van der Waals surface area contributed by atoms with Crippen LogP contribution in [-0.2, 0) is 4.79 Å². The molecular formula is C24H21Cl2NO2. The van der Waals surface area contributed by atoms with Crippen molar-refractivity contribution >= 4 is 52.0 Å². The van der Waals surface area contributed by atoms with Gasteiger partial charge in [0.1, 0.15) is 0 Å². The molecule has 1 heterocycles. The molecule has 3 rings (SSSR count). The van der Waals surface area contributed by atoms with Gasteiger partial charge in [-0.15, -0.1) is 0 Å². The number of carbonyl (C=O) groups excluding carboxylic acids is 1. The Morgan fingerprint density at radius 2 is 1.72 bits per heavy atom. The fourth-order valence-corrected chi connectivity index (χ4v) is 2.98. The van der Waals surface area contributed by atoms with E-state index in [4.69, 9.17) is 27.9 Å². The largest absolute Gasteiger partial charge is 0.477 e. The average molecular weight is 426 g/mol. The third-order valence-corrected chi connectivity index (χ3v) is 4.73. The monoisotopic (exact) mass is 425 g/mol. The van der Waals surface area contributed by atoms with Crippen LogP contribution >= 0.6 is 23.2 Å². The van der Waals surface area contributed by atoms with E-state index in [0.29, 0.717) is 22.5 Å². The highest BCUT2D eigenvalue weighted by atomic mass is 35.5. The molecule has 0 atom stereocenters. The normalized spacial score (nSPS) is 11.6. The van der Waals surface area contributed by atoms with Crippen molar-refractivity contribution in [2.24, 2.45) is 0 Å². The molecule has 0 saturated heterocycles. The molecule has 3 nitrogen and oxygen atoms in total. The van der Waals surface area contributed by atoms with Gasteiger partial charge >= 0.3 is 0 Å². The number of carbonyl (C=O) groups is 1. The lowest BCUT2D eigenvalue weighted by Crippen LogP contribution is -2.01. The molecule has 0 unspecified atom stereocenters. The van der Waals surface area contributed by atoms with Crippen LogP contribution in [0.5, 0.6) is 5.88 Å². The van der Waals surface area contributed by atoms with Crippen LogP contribution in [0.3, 0.4) is 0 Å². The molecule has 5 heteroatoms. The second-order valence-corrected chi connectivity index (χ2v) is 7.42. The SMILES string of the molecule is CCCCOc1nc2ccc(Cl)cc2cc1/C=C/C(=O)/C=C/c1ccc(Cl)cc1.